The summed E-state index contributed by atoms with van der Waals surface area (Å²) in [6.07, 6.45) is 0. The molecule has 0 unspecified atom stereocenters. The lowest BCUT2D eigenvalue weighted by molar-refractivity contribution is 0.669. The third kappa shape index (κ3) is 11.9. The highest BCUT2D eigenvalue weighted by Gasteiger charge is 2.27. The van der Waals surface area contributed by atoms with E-state index in [1.165, 1.54) is 132 Å². The summed E-state index contributed by atoms with van der Waals surface area (Å²) in [6.45, 7) is 0. The van der Waals surface area contributed by atoms with Gasteiger partial charge in [-0.1, -0.05) is 285 Å². The molecule has 0 aliphatic heterocycles. The Balaban J connectivity index is 0.000000136. The molecule has 0 aliphatic carbocycles. The van der Waals surface area contributed by atoms with Gasteiger partial charge in [-0.3, -0.25) is 0 Å². The van der Waals surface area contributed by atoms with E-state index >= 15 is 0 Å². The van der Waals surface area contributed by atoms with Crippen molar-refractivity contribution in [3.8, 4) is 66.8 Å². The van der Waals surface area contributed by atoms with Gasteiger partial charge in [-0.25, -0.2) is 0 Å². The quantitative estimate of drug-likeness (QED) is 0.122. The Morgan fingerprint density at radius 3 is 1.06 bits per heavy atom. The molecule has 26 aromatic rings. The Morgan fingerprint density at radius 2 is 0.524 bits per heavy atom. The maximum Gasteiger partial charge on any atom is 0.160 e. The van der Waals surface area contributed by atoms with E-state index in [0.717, 1.165) is 116 Å². The van der Waals surface area contributed by atoms with Crippen LogP contribution in [0.2, 0.25) is 0 Å². The molecule has 0 saturated carbocycles. The summed E-state index contributed by atoms with van der Waals surface area (Å²) in [5.41, 5.74) is 26.1. The number of thiophene rings is 3. The highest BCUT2D eigenvalue weighted by molar-refractivity contribution is 7.27. The van der Waals surface area contributed by atoms with Crippen LogP contribution < -0.4 is 9.80 Å². The molecule has 0 amide bonds. The van der Waals surface area contributed by atoms with Crippen molar-refractivity contribution in [2.24, 2.45) is 0 Å². The van der Waals surface area contributed by atoms with Gasteiger partial charge in [0.2, 0.25) is 0 Å². The van der Waals surface area contributed by atoms with Crippen molar-refractivity contribution >= 4 is 216 Å². The van der Waals surface area contributed by atoms with Crippen LogP contribution in [0.15, 0.2) is 438 Å². The van der Waals surface area contributed by atoms with Gasteiger partial charge in [0.05, 0.1) is 5.69 Å². The zero-order valence-electron chi connectivity index (χ0n) is 66.8. The summed E-state index contributed by atoms with van der Waals surface area (Å²) in [5, 5.41) is 19.1. The molecule has 8 heteroatoms. The lowest BCUT2D eigenvalue weighted by Crippen LogP contribution is -2.10. The molecular formula is C116H70N2O3S3. The summed E-state index contributed by atoms with van der Waals surface area (Å²) in [6, 6.07) is 153. The summed E-state index contributed by atoms with van der Waals surface area (Å²) in [7, 11) is 0. The van der Waals surface area contributed by atoms with Crippen molar-refractivity contribution in [2.45, 2.75) is 0 Å². The van der Waals surface area contributed by atoms with Crippen molar-refractivity contribution in [1.29, 1.82) is 0 Å². The summed E-state index contributed by atoms with van der Waals surface area (Å²) in [5.74, 6) is 0. The van der Waals surface area contributed by atoms with Gasteiger partial charge in [-0.15, -0.1) is 34.0 Å². The molecule has 20 aromatic carbocycles. The molecule has 0 aliphatic rings. The zero-order valence-corrected chi connectivity index (χ0v) is 69.2. The third-order valence-corrected chi connectivity index (χ3v) is 28.4. The fourth-order valence-corrected chi connectivity index (χ4v) is 22.5. The first-order chi connectivity index (χ1) is 61.5. The van der Waals surface area contributed by atoms with Crippen LogP contribution in [-0.4, -0.2) is 0 Å². The van der Waals surface area contributed by atoms with E-state index < -0.39 is 0 Å². The lowest BCUT2D eigenvalue weighted by atomic mass is 9.94. The first-order valence-corrected chi connectivity index (χ1v) is 44.4. The molecule has 580 valence electrons. The van der Waals surface area contributed by atoms with E-state index in [-0.39, 0.29) is 0 Å². The van der Waals surface area contributed by atoms with Gasteiger partial charge >= 0.3 is 0 Å². The van der Waals surface area contributed by atoms with Crippen LogP contribution in [0.3, 0.4) is 0 Å². The van der Waals surface area contributed by atoms with Crippen LogP contribution in [0.4, 0.5) is 34.1 Å². The predicted molar refractivity (Wildman–Crippen MR) is 530 cm³/mol. The number of hydrogen-bond acceptors (Lipinski definition) is 8. The fourth-order valence-electron chi connectivity index (χ4n) is 19.2. The lowest BCUT2D eigenvalue weighted by Gasteiger charge is -2.26. The molecule has 0 fully saturated rings. The Kier molecular flexibility index (Phi) is 16.8. The normalized spacial score (nSPS) is 11.9. The first kappa shape index (κ1) is 71.5. The largest absolute Gasteiger partial charge is 0.455 e. The molecule has 124 heavy (non-hydrogen) atoms. The van der Waals surface area contributed by atoms with E-state index in [4.69, 9.17) is 13.3 Å². The second-order valence-corrected chi connectivity index (χ2v) is 35.2. The second kappa shape index (κ2) is 29.2. The van der Waals surface area contributed by atoms with Gasteiger partial charge < -0.3 is 23.1 Å². The van der Waals surface area contributed by atoms with Gasteiger partial charge in [0.15, 0.2) is 5.58 Å². The highest BCUT2D eigenvalue weighted by Crippen LogP contribution is 2.53. The Labute approximate surface area is 724 Å². The molecule has 26 rings (SSSR count). The van der Waals surface area contributed by atoms with Crippen LogP contribution in [0.1, 0.15) is 0 Å². The SMILES string of the molecule is c1ccc(-c2ccc(N(c3ccc(-c4cccc5ccccc45)cc3)c3ccc(-c4cccc5sc6ccc7c8ccccc8oc7c6c45)c4c3oc3ccccc34)cc2)cc1.c1ccc(-c2ccc(N(c3ccc(-c4cccc5ccccc45)cc3)c3ccc4sc5ccc(-c6cccc7sc8ccc9c%10ccccc%10oc9c8c67)cc5c4c3)cc2)cc1. The minimum Gasteiger partial charge on any atom is -0.455 e. The average molecular weight is 1640 g/mol. The van der Waals surface area contributed by atoms with Gasteiger partial charge in [0, 0.05) is 121 Å². The van der Waals surface area contributed by atoms with Crippen molar-refractivity contribution < 1.29 is 13.3 Å². The predicted octanol–water partition coefficient (Wildman–Crippen LogP) is 35.4. The smallest absolute Gasteiger partial charge is 0.160 e. The highest BCUT2D eigenvalue weighted by atomic mass is 32.1. The molecule has 6 heterocycles. The van der Waals surface area contributed by atoms with Crippen LogP contribution in [-0.2, 0) is 0 Å². The minimum atomic E-state index is 0.833. The van der Waals surface area contributed by atoms with E-state index in [2.05, 4.69) is 428 Å². The van der Waals surface area contributed by atoms with Crippen LogP contribution in [0, 0.1) is 0 Å². The molecule has 0 spiro atoms. The molecule has 5 nitrogen and oxygen atoms in total. The molecule has 0 saturated heterocycles. The first-order valence-electron chi connectivity index (χ1n) is 42.0. The van der Waals surface area contributed by atoms with Crippen molar-refractivity contribution in [3.05, 3.63) is 425 Å². The number of furan rings is 3. The Bertz CT molecular complexity index is 8720. The number of benzene rings is 20. The number of para-hydroxylation sites is 3. The maximum atomic E-state index is 7.04. The van der Waals surface area contributed by atoms with Gasteiger partial charge in [-0.05, 0) is 228 Å². The van der Waals surface area contributed by atoms with Gasteiger partial charge in [0.25, 0.3) is 0 Å². The van der Waals surface area contributed by atoms with Crippen molar-refractivity contribution in [2.75, 3.05) is 9.80 Å². The maximum absolute atomic E-state index is 7.04. The second-order valence-electron chi connectivity index (χ2n) is 32.0. The standard InChI is InChI=1S/C58H35NO2S.C58H35NOS2/c1-2-12-36(13-3-1)37-24-28-40(29-25-37)59(41-30-26-39(27-31-41)43-19-10-15-38-14-4-5-16-42(38)43)49-34-32-46(54-48-18-7-9-22-51(48)61-58(49)54)45-20-11-23-52-55(45)56-53(62-52)35-33-47-44-17-6-8-21-50(44)60-57(47)56;1-2-10-36(11-3-1)37-20-25-41(26-21-37)59(42-27-22-39(23-28-42)45-16-8-13-38-12-4-5-14-44(38)45)43-29-32-53-50(35-43)49-34-40(24-31-52(49)61-53)46-17-9-19-54-56(46)57-55(62-54)33-30-48-47-15-6-7-18-51(47)60-58(48)57/h2*1-35H. The van der Waals surface area contributed by atoms with E-state index in [1.807, 2.05) is 40.1 Å². The molecule has 0 bridgehead atoms. The average Bonchev–Trinajstić information content (AvgIpc) is 1.56. The number of hydrogen-bond donors (Lipinski definition) is 0. The third-order valence-electron chi connectivity index (χ3n) is 25.0. The molecule has 0 atom stereocenters. The van der Waals surface area contributed by atoms with Crippen molar-refractivity contribution in [3.63, 3.8) is 0 Å². The summed E-state index contributed by atoms with van der Waals surface area (Å²) >= 11 is 5.51. The number of rotatable bonds is 12. The summed E-state index contributed by atoms with van der Waals surface area (Å²) in [4.78, 5) is 4.74. The molecule has 0 N–H and O–H groups in total. The Morgan fingerprint density at radius 1 is 0.169 bits per heavy atom. The number of fused-ring (bicyclic) bond motifs is 22. The van der Waals surface area contributed by atoms with Gasteiger partial charge in [0.1, 0.15) is 27.9 Å². The van der Waals surface area contributed by atoms with Crippen LogP contribution >= 0.6 is 34.0 Å². The van der Waals surface area contributed by atoms with Crippen LogP contribution in [0.5, 0.6) is 0 Å². The molecule has 6 aromatic heterocycles. The van der Waals surface area contributed by atoms with E-state index in [9.17, 15) is 0 Å². The van der Waals surface area contributed by atoms with Gasteiger partial charge in [-0.2, -0.15) is 0 Å². The Hall–Kier alpha value is -15.4. The zero-order chi connectivity index (χ0) is 81.5. The number of anilines is 6. The van der Waals surface area contributed by atoms with E-state index in [1.54, 1.807) is 0 Å². The fraction of sp³-hybridized carbons (Fsp3) is 0. The van der Waals surface area contributed by atoms with E-state index in [0.29, 0.717) is 0 Å². The van der Waals surface area contributed by atoms with Crippen molar-refractivity contribution in [1.82, 2.24) is 0 Å². The topological polar surface area (TPSA) is 45.9 Å². The minimum absolute atomic E-state index is 0.833. The summed E-state index contributed by atoms with van der Waals surface area (Å²) < 4.78 is 27.8. The number of nitrogens with zero attached hydrogens (tertiary/aromatic N) is 2. The monoisotopic (exact) mass is 1630 g/mol. The molecular weight excluding hydrogens is 1570 g/mol. The van der Waals surface area contributed by atoms with Crippen LogP contribution in [0.25, 0.3) is 215 Å². The molecule has 0 radical (unpaired) electrons.